The van der Waals surface area contributed by atoms with Gasteiger partial charge >= 0.3 is 0 Å². The van der Waals surface area contributed by atoms with Crippen LogP contribution in [0.25, 0.3) is 5.78 Å². The first-order chi connectivity index (χ1) is 12.6. The molecule has 26 heavy (non-hydrogen) atoms. The summed E-state index contributed by atoms with van der Waals surface area (Å²) in [6.07, 6.45) is 7.33. The van der Waals surface area contributed by atoms with Gasteiger partial charge in [-0.15, -0.1) is 11.8 Å². The number of carbonyl (C=O) groups is 1. The van der Waals surface area contributed by atoms with E-state index in [-0.39, 0.29) is 5.91 Å². The normalized spacial score (nSPS) is 11.2. The Morgan fingerprint density at radius 1 is 1.19 bits per heavy atom. The summed E-state index contributed by atoms with van der Waals surface area (Å²) in [4.78, 5) is 21.6. The molecule has 0 saturated heterocycles. The lowest BCUT2D eigenvalue weighted by Gasteiger charge is -2.07. The molecular weight excluding hydrogens is 346 g/mol. The second-order valence-electron chi connectivity index (χ2n) is 6.41. The minimum atomic E-state index is 0.0547. The molecule has 0 radical (unpaired) electrons. The highest BCUT2D eigenvalue weighted by Crippen LogP contribution is 2.22. The Balaban J connectivity index is 1.39. The van der Waals surface area contributed by atoms with Gasteiger partial charge in [-0.3, -0.25) is 4.79 Å². The van der Waals surface area contributed by atoms with Crippen molar-refractivity contribution in [2.45, 2.75) is 43.3 Å². The van der Waals surface area contributed by atoms with Crippen LogP contribution in [-0.2, 0) is 17.6 Å². The molecular formula is C19H23N5OS. The van der Waals surface area contributed by atoms with E-state index >= 15 is 0 Å². The number of nitrogens with one attached hydrogen (secondary N) is 1. The lowest BCUT2D eigenvalue weighted by atomic mass is 10.1. The summed E-state index contributed by atoms with van der Waals surface area (Å²) in [6, 6.07) is 8.23. The molecule has 3 aromatic rings. The van der Waals surface area contributed by atoms with Crippen LogP contribution in [0, 0.1) is 0 Å². The van der Waals surface area contributed by atoms with Crippen molar-refractivity contribution < 1.29 is 4.79 Å². The zero-order valence-electron chi connectivity index (χ0n) is 15.1. The molecule has 6 nitrogen and oxygen atoms in total. The minimum Gasteiger partial charge on any atom is -0.356 e. The predicted octanol–water partition coefficient (Wildman–Crippen LogP) is 2.92. The molecule has 0 aliphatic carbocycles. The molecule has 0 spiro atoms. The summed E-state index contributed by atoms with van der Waals surface area (Å²) in [6.45, 7) is 4.99. The lowest BCUT2D eigenvalue weighted by molar-refractivity contribution is -0.120. The average Bonchev–Trinajstić information content (AvgIpc) is 3.08. The van der Waals surface area contributed by atoms with Crippen LogP contribution in [0.5, 0.6) is 0 Å². The van der Waals surface area contributed by atoms with E-state index in [0.29, 0.717) is 24.0 Å². The van der Waals surface area contributed by atoms with Crippen molar-refractivity contribution in [3.63, 3.8) is 0 Å². The fourth-order valence-corrected chi connectivity index (χ4v) is 3.45. The maximum Gasteiger partial charge on any atom is 0.252 e. The van der Waals surface area contributed by atoms with Crippen molar-refractivity contribution in [3.8, 4) is 0 Å². The number of rotatable bonds is 8. The number of benzene rings is 1. The van der Waals surface area contributed by atoms with E-state index in [4.69, 9.17) is 0 Å². The second-order valence-corrected chi connectivity index (χ2v) is 8.06. The summed E-state index contributed by atoms with van der Waals surface area (Å²) in [7, 11) is 0. The van der Waals surface area contributed by atoms with Crippen LogP contribution >= 0.6 is 11.8 Å². The summed E-state index contributed by atoms with van der Waals surface area (Å²) in [5.74, 6) is 0.652. The molecule has 0 aliphatic heterocycles. The number of fused-ring (bicyclic) bond motifs is 1. The van der Waals surface area contributed by atoms with Gasteiger partial charge in [0.05, 0.1) is 6.42 Å². The van der Waals surface area contributed by atoms with Crippen LogP contribution in [0.15, 0.2) is 47.9 Å². The van der Waals surface area contributed by atoms with E-state index in [1.54, 1.807) is 4.52 Å². The molecule has 1 aromatic carbocycles. The molecule has 2 heterocycles. The van der Waals surface area contributed by atoms with Crippen molar-refractivity contribution in [2.24, 2.45) is 0 Å². The van der Waals surface area contributed by atoms with Gasteiger partial charge in [0.2, 0.25) is 5.91 Å². The summed E-state index contributed by atoms with van der Waals surface area (Å²) in [5, 5.41) is 7.62. The van der Waals surface area contributed by atoms with Crippen LogP contribution in [0.1, 0.15) is 31.4 Å². The van der Waals surface area contributed by atoms with Gasteiger partial charge in [0.25, 0.3) is 5.78 Å². The van der Waals surface area contributed by atoms with Crippen molar-refractivity contribution in [1.29, 1.82) is 0 Å². The third-order valence-corrected chi connectivity index (χ3v) is 4.83. The van der Waals surface area contributed by atoms with Gasteiger partial charge in [-0.2, -0.15) is 10.1 Å². The molecule has 0 bridgehead atoms. The minimum absolute atomic E-state index is 0.0547. The van der Waals surface area contributed by atoms with Gasteiger partial charge < -0.3 is 5.32 Å². The van der Waals surface area contributed by atoms with E-state index < -0.39 is 0 Å². The van der Waals surface area contributed by atoms with E-state index in [2.05, 4.69) is 46.4 Å². The number of thioether (sulfide) groups is 1. The van der Waals surface area contributed by atoms with Crippen LogP contribution in [0.2, 0.25) is 0 Å². The highest BCUT2D eigenvalue weighted by Gasteiger charge is 2.05. The Labute approximate surface area is 157 Å². The summed E-state index contributed by atoms with van der Waals surface area (Å²) >= 11 is 1.83. The Morgan fingerprint density at radius 3 is 2.77 bits per heavy atom. The molecule has 0 saturated carbocycles. The van der Waals surface area contributed by atoms with E-state index in [1.807, 2.05) is 36.3 Å². The molecule has 7 heteroatoms. The maximum atomic E-state index is 12.1. The first-order valence-corrected chi connectivity index (χ1v) is 9.64. The number of aryl methyl sites for hydroxylation is 1. The van der Waals surface area contributed by atoms with Crippen LogP contribution < -0.4 is 5.32 Å². The highest BCUT2D eigenvalue weighted by atomic mass is 32.2. The highest BCUT2D eigenvalue weighted by molar-refractivity contribution is 7.99. The summed E-state index contributed by atoms with van der Waals surface area (Å²) in [5.41, 5.74) is 2.12. The van der Waals surface area contributed by atoms with Crippen molar-refractivity contribution in [2.75, 3.05) is 6.54 Å². The van der Waals surface area contributed by atoms with E-state index in [1.165, 1.54) is 11.2 Å². The summed E-state index contributed by atoms with van der Waals surface area (Å²) < 4.78 is 1.66. The van der Waals surface area contributed by atoms with Gasteiger partial charge in [0.15, 0.2) is 0 Å². The zero-order chi connectivity index (χ0) is 18.4. The SMILES string of the molecule is CC(C)Sc1ccc(CC(=O)NCCCc2cnc3ncnn3c2)cc1. The first kappa shape index (κ1) is 18.4. The third kappa shape index (κ3) is 5.29. The van der Waals surface area contributed by atoms with Gasteiger partial charge in [0.1, 0.15) is 6.33 Å². The molecule has 136 valence electrons. The van der Waals surface area contributed by atoms with Crippen molar-refractivity contribution in [3.05, 3.63) is 54.1 Å². The molecule has 0 aliphatic rings. The molecule has 2 aromatic heterocycles. The quantitative estimate of drug-likeness (QED) is 0.488. The van der Waals surface area contributed by atoms with Gasteiger partial charge in [-0.1, -0.05) is 26.0 Å². The monoisotopic (exact) mass is 369 g/mol. The van der Waals surface area contributed by atoms with Crippen LogP contribution in [0.4, 0.5) is 0 Å². The standard InChI is InChI=1S/C19H23N5OS/c1-14(2)26-17-7-5-15(6-8-17)10-18(25)20-9-3-4-16-11-21-19-22-13-23-24(19)12-16/h5-8,11-14H,3-4,9-10H2,1-2H3,(H,20,25). The number of nitrogens with zero attached hydrogens (tertiary/aromatic N) is 4. The third-order valence-electron chi connectivity index (χ3n) is 3.81. The molecule has 3 rings (SSSR count). The number of amides is 1. The topological polar surface area (TPSA) is 72.2 Å². The average molecular weight is 369 g/mol. The molecule has 1 N–H and O–H groups in total. The molecule has 1 amide bonds. The maximum absolute atomic E-state index is 12.1. The van der Waals surface area contributed by atoms with Gasteiger partial charge in [-0.25, -0.2) is 9.50 Å². The lowest BCUT2D eigenvalue weighted by Crippen LogP contribution is -2.26. The number of hydrogen-bond acceptors (Lipinski definition) is 5. The fraction of sp³-hybridized carbons (Fsp3) is 0.368. The second kappa shape index (κ2) is 8.80. The van der Waals surface area contributed by atoms with Crippen LogP contribution in [-0.4, -0.2) is 37.3 Å². The Bertz CT molecular complexity index is 860. The largest absolute Gasteiger partial charge is 0.356 e. The molecule has 0 fully saturated rings. The Hall–Kier alpha value is -2.41. The Kier molecular flexibility index (Phi) is 6.22. The van der Waals surface area contributed by atoms with Crippen LogP contribution in [0.3, 0.4) is 0 Å². The number of carbonyl (C=O) groups excluding carboxylic acids is 1. The van der Waals surface area contributed by atoms with Gasteiger partial charge in [-0.05, 0) is 36.1 Å². The zero-order valence-corrected chi connectivity index (χ0v) is 15.9. The van der Waals surface area contributed by atoms with E-state index in [9.17, 15) is 4.79 Å². The number of hydrogen-bond donors (Lipinski definition) is 1. The van der Waals surface area contributed by atoms with Crippen molar-refractivity contribution >= 4 is 23.4 Å². The van der Waals surface area contributed by atoms with Gasteiger partial charge in [0, 0.05) is 29.1 Å². The fourth-order valence-electron chi connectivity index (χ4n) is 2.61. The van der Waals surface area contributed by atoms with E-state index in [0.717, 1.165) is 24.0 Å². The number of aromatic nitrogens is 4. The van der Waals surface area contributed by atoms with Crippen molar-refractivity contribution in [1.82, 2.24) is 24.9 Å². The predicted molar refractivity (Wildman–Crippen MR) is 103 cm³/mol. The first-order valence-electron chi connectivity index (χ1n) is 8.77. The Morgan fingerprint density at radius 2 is 2.00 bits per heavy atom. The molecule has 0 atom stereocenters. The smallest absolute Gasteiger partial charge is 0.252 e. The molecule has 0 unspecified atom stereocenters.